The van der Waals surface area contributed by atoms with Crippen molar-refractivity contribution in [2.24, 2.45) is 16.8 Å². The molecule has 0 aromatic heterocycles. The molecule has 0 aromatic rings. The normalized spacial score (nSPS) is 33.4. The van der Waals surface area contributed by atoms with E-state index >= 15 is 0 Å². The third-order valence-electron chi connectivity index (χ3n) is 4.05. The number of carbonyl (C=O) groups is 1. The predicted octanol–water partition coefficient (Wildman–Crippen LogP) is 2.38. The molecule has 0 saturated carbocycles. The van der Waals surface area contributed by atoms with Gasteiger partial charge >= 0.3 is 0 Å². The second-order valence-corrected chi connectivity index (χ2v) is 6.50. The average molecular weight is 324 g/mol. The van der Waals surface area contributed by atoms with Crippen LogP contribution in [0.2, 0.25) is 0 Å². The topological polar surface area (TPSA) is 44.7 Å². The monoisotopic (exact) mass is 323 g/mol. The van der Waals surface area contributed by atoms with Gasteiger partial charge in [-0.3, -0.25) is 13.7 Å². The van der Waals surface area contributed by atoms with Gasteiger partial charge < -0.3 is 5.32 Å². The fourth-order valence-electron chi connectivity index (χ4n) is 3.21. The Balaban J connectivity index is 2.04. The van der Waals surface area contributed by atoms with E-state index in [0.717, 1.165) is 6.42 Å². The van der Waals surface area contributed by atoms with Gasteiger partial charge in [0.05, 0.1) is 16.1 Å². The Labute approximate surface area is 122 Å². The molecule has 102 valence electrons. The molecule has 1 N–H and O–H groups in total. The molecule has 1 saturated heterocycles. The molecule has 1 fully saturated rings. The first-order valence-corrected chi connectivity index (χ1v) is 7.44. The summed E-state index contributed by atoms with van der Waals surface area (Å²) in [5.41, 5.74) is 2.51. The number of rotatable bonds is 1. The molecular formula is C14H18BrN3O. The number of carbonyl (C=O) groups excluding carboxylic acids is 1. The lowest BCUT2D eigenvalue weighted by Crippen LogP contribution is -2.53. The third kappa shape index (κ3) is 2.14. The van der Waals surface area contributed by atoms with Gasteiger partial charge in [0.1, 0.15) is 0 Å². The lowest BCUT2D eigenvalue weighted by molar-refractivity contribution is -0.123. The van der Waals surface area contributed by atoms with Gasteiger partial charge in [0.15, 0.2) is 6.17 Å². The van der Waals surface area contributed by atoms with E-state index in [1.54, 1.807) is 0 Å². The van der Waals surface area contributed by atoms with Crippen molar-refractivity contribution in [2.45, 2.75) is 38.9 Å². The van der Waals surface area contributed by atoms with Crippen molar-refractivity contribution >= 4 is 28.3 Å². The largest absolute Gasteiger partial charge is 0.352 e. The molecule has 0 bridgehead atoms. The molecule has 1 amide bonds. The fraction of sp³-hybridized carbons (Fsp3) is 0.571. The van der Waals surface area contributed by atoms with Crippen LogP contribution in [0.1, 0.15) is 26.7 Å². The molecule has 3 heterocycles. The Bertz CT molecular complexity index is 495. The Kier molecular flexibility index (Phi) is 3.25. The summed E-state index contributed by atoms with van der Waals surface area (Å²) in [6, 6.07) is 0.177. The number of nitrogens with one attached hydrogen (secondary N) is 1. The zero-order chi connectivity index (χ0) is 13.6. The van der Waals surface area contributed by atoms with Crippen molar-refractivity contribution in [3.63, 3.8) is 0 Å². The molecule has 4 nitrogen and oxygen atoms in total. The number of piperidine rings is 1. The molecule has 3 unspecified atom stereocenters. The molecule has 0 radical (unpaired) electrons. The first kappa shape index (κ1) is 12.9. The van der Waals surface area contributed by atoms with Crippen LogP contribution in [-0.2, 0) is 4.79 Å². The summed E-state index contributed by atoms with van der Waals surface area (Å²) in [4.78, 5) is 16.4. The fourth-order valence-corrected chi connectivity index (χ4v) is 3.81. The van der Waals surface area contributed by atoms with Crippen molar-refractivity contribution in [2.75, 3.05) is 0 Å². The van der Waals surface area contributed by atoms with E-state index in [2.05, 4.69) is 46.4 Å². The van der Waals surface area contributed by atoms with Crippen molar-refractivity contribution in [3.8, 4) is 0 Å². The van der Waals surface area contributed by atoms with E-state index in [-0.39, 0.29) is 18.1 Å². The predicted molar refractivity (Wildman–Crippen MR) is 78.7 cm³/mol. The van der Waals surface area contributed by atoms with Crippen LogP contribution in [0.4, 0.5) is 0 Å². The number of hydrogen-bond donors (Lipinski definition) is 1. The Morgan fingerprint density at radius 1 is 1.53 bits per heavy atom. The minimum atomic E-state index is 0.0405. The van der Waals surface area contributed by atoms with E-state index in [1.807, 2.05) is 16.3 Å². The standard InChI is InChI=1S/C14H18BrN3O/c1-8(2)13-12-9(6-11(19)17-13)7-18(15)14-10(12)4-3-5-16-14/h4-5,7-8,12-14H,3,6H2,1-2H3,(H,17,19). The smallest absolute Gasteiger partial charge is 0.224 e. The van der Waals surface area contributed by atoms with E-state index in [4.69, 9.17) is 0 Å². The van der Waals surface area contributed by atoms with Gasteiger partial charge in [-0.05, 0) is 17.1 Å². The highest BCUT2D eigenvalue weighted by molar-refractivity contribution is 9.07. The Hall–Kier alpha value is -1.10. The lowest BCUT2D eigenvalue weighted by Gasteiger charge is -2.45. The van der Waals surface area contributed by atoms with Crippen LogP contribution in [0.25, 0.3) is 0 Å². The number of allylic oxidation sites excluding steroid dienone is 1. The zero-order valence-electron chi connectivity index (χ0n) is 11.1. The summed E-state index contributed by atoms with van der Waals surface area (Å²) in [6.45, 7) is 4.33. The van der Waals surface area contributed by atoms with E-state index in [0.29, 0.717) is 18.3 Å². The molecule has 0 aromatic carbocycles. The molecule has 3 atom stereocenters. The second kappa shape index (κ2) is 4.78. The maximum absolute atomic E-state index is 11.9. The number of nitrogens with zero attached hydrogens (tertiary/aromatic N) is 2. The van der Waals surface area contributed by atoms with Gasteiger partial charge in [0.25, 0.3) is 0 Å². The number of hydrogen-bond acceptors (Lipinski definition) is 3. The van der Waals surface area contributed by atoms with Crippen LogP contribution >= 0.6 is 16.1 Å². The molecule has 0 aliphatic carbocycles. The van der Waals surface area contributed by atoms with Gasteiger partial charge in [-0.1, -0.05) is 19.9 Å². The van der Waals surface area contributed by atoms with Gasteiger partial charge in [-0.25, -0.2) is 0 Å². The number of fused-ring (bicyclic) bond motifs is 3. The highest BCUT2D eigenvalue weighted by Crippen LogP contribution is 2.42. The SMILES string of the molecule is CC(C)C1NC(=O)CC2=CN(Br)C3N=CCC=C3C21. The minimum Gasteiger partial charge on any atom is -0.352 e. The number of dihydropyridines is 1. The molecular weight excluding hydrogens is 306 g/mol. The Morgan fingerprint density at radius 3 is 3.05 bits per heavy atom. The maximum Gasteiger partial charge on any atom is 0.224 e. The third-order valence-corrected chi connectivity index (χ3v) is 4.65. The van der Waals surface area contributed by atoms with Crippen molar-refractivity contribution in [3.05, 3.63) is 23.4 Å². The quantitative estimate of drug-likeness (QED) is 0.595. The van der Waals surface area contributed by atoms with Crippen LogP contribution in [0.3, 0.4) is 0 Å². The molecule has 0 spiro atoms. The number of amides is 1. The highest BCUT2D eigenvalue weighted by Gasteiger charge is 2.43. The number of halogens is 1. The highest BCUT2D eigenvalue weighted by atomic mass is 79.9. The van der Waals surface area contributed by atoms with Gasteiger partial charge in [-0.2, -0.15) is 0 Å². The van der Waals surface area contributed by atoms with Crippen LogP contribution < -0.4 is 5.32 Å². The summed E-state index contributed by atoms with van der Waals surface area (Å²) in [5.74, 6) is 0.835. The molecule has 19 heavy (non-hydrogen) atoms. The van der Waals surface area contributed by atoms with E-state index in [1.165, 1.54) is 11.1 Å². The summed E-state index contributed by atoms with van der Waals surface area (Å²) in [6.07, 6.45) is 7.67. The summed E-state index contributed by atoms with van der Waals surface area (Å²) < 4.78 is 1.94. The van der Waals surface area contributed by atoms with Gasteiger partial charge in [0, 0.05) is 37.2 Å². The molecule has 5 heteroatoms. The van der Waals surface area contributed by atoms with Gasteiger partial charge in [0.2, 0.25) is 5.91 Å². The van der Waals surface area contributed by atoms with E-state index in [9.17, 15) is 4.79 Å². The van der Waals surface area contributed by atoms with Gasteiger partial charge in [-0.15, -0.1) is 0 Å². The van der Waals surface area contributed by atoms with Crippen LogP contribution in [-0.4, -0.2) is 28.3 Å². The number of aliphatic imine (C=N–C) groups is 1. The second-order valence-electron chi connectivity index (χ2n) is 5.69. The molecule has 3 aliphatic heterocycles. The average Bonchev–Trinajstić information content (AvgIpc) is 2.37. The Morgan fingerprint density at radius 2 is 2.32 bits per heavy atom. The van der Waals surface area contributed by atoms with Crippen molar-refractivity contribution in [1.82, 2.24) is 9.24 Å². The van der Waals surface area contributed by atoms with E-state index < -0.39 is 0 Å². The zero-order valence-corrected chi connectivity index (χ0v) is 12.7. The summed E-state index contributed by atoms with van der Waals surface area (Å²) in [7, 11) is 0. The first-order chi connectivity index (χ1) is 9.08. The molecule has 3 rings (SSSR count). The summed E-state index contributed by atoms with van der Waals surface area (Å²) >= 11 is 3.54. The molecule has 3 aliphatic rings. The van der Waals surface area contributed by atoms with Crippen molar-refractivity contribution in [1.29, 1.82) is 0 Å². The summed E-state index contributed by atoms with van der Waals surface area (Å²) in [5, 5.41) is 3.16. The maximum atomic E-state index is 11.9. The van der Waals surface area contributed by atoms with Crippen LogP contribution in [0.15, 0.2) is 28.4 Å². The minimum absolute atomic E-state index is 0.0405. The van der Waals surface area contributed by atoms with Crippen LogP contribution in [0, 0.1) is 11.8 Å². The lowest BCUT2D eigenvalue weighted by atomic mass is 9.73. The first-order valence-electron chi connectivity index (χ1n) is 6.73. The van der Waals surface area contributed by atoms with Crippen molar-refractivity contribution < 1.29 is 4.79 Å². The van der Waals surface area contributed by atoms with Crippen LogP contribution in [0.5, 0.6) is 0 Å².